The molecule has 0 saturated carbocycles. The number of nitrogens with one attached hydrogen (secondary N) is 2. The van der Waals surface area contributed by atoms with E-state index in [9.17, 15) is 19.8 Å². The van der Waals surface area contributed by atoms with E-state index in [0.29, 0.717) is 22.5 Å². The number of fused-ring (bicyclic) bond motifs is 7. The summed E-state index contributed by atoms with van der Waals surface area (Å²) in [6.45, 7) is 3.23. The molecule has 17 heteroatoms. The Bertz CT molecular complexity index is 1940. The first kappa shape index (κ1) is 31.0. The third kappa shape index (κ3) is 2.78. The second-order valence-corrected chi connectivity index (χ2v) is 20.3. The maximum Gasteiger partial charge on any atom is 0.279 e. The summed E-state index contributed by atoms with van der Waals surface area (Å²) in [6, 6.07) is 13.8. The number of rotatable bonds is 2. The normalized spacial score (nSPS) is 43.7. The third-order valence-electron chi connectivity index (χ3n) is 12.5. The van der Waals surface area contributed by atoms with E-state index in [1.54, 1.807) is 16.8 Å². The van der Waals surface area contributed by atoms with Crippen LogP contribution in [-0.2, 0) is 34.7 Å². The smallest absolute Gasteiger partial charge is 0.279 e. The van der Waals surface area contributed by atoms with E-state index in [4.69, 9.17) is 4.74 Å². The minimum absolute atomic E-state index is 0.270. The summed E-state index contributed by atoms with van der Waals surface area (Å²) >= 11 is 0. The van der Waals surface area contributed by atoms with Crippen molar-refractivity contribution in [1.82, 2.24) is 19.6 Å². The molecule has 256 valence electrons. The summed E-state index contributed by atoms with van der Waals surface area (Å²) in [7, 11) is 8.45. The van der Waals surface area contributed by atoms with Crippen molar-refractivity contribution in [2.45, 2.75) is 70.7 Å². The van der Waals surface area contributed by atoms with Gasteiger partial charge in [-0.25, -0.2) is 0 Å². The number of hydrogen-bond donors (Lipinski definition) is 4. The number of anilines is 2. The summed E-state index contributed by atoms with van der Waals surface area (Å²) in [6.07, 6.45) is -4.89. The Morgan fingerprint density at radius 3 is 2.06 bits per heavy atom. The highest BCUT2D eigenvalue weighted by molar-refractivity contribution is 9.26. The summed E-state index contributed by atoms with van der Waals surface area (Å²) in [5.74, 6) is -2.21. The van der Waals surface area contributed by atoms with Gasteiger partial charge >= 0.3 is 0 Å². The molecule has 9 aliphatic heterocycles. The minimum Gasteiger partial charge on any atom is -0.394 e. The van der Waals surface area contributed by atoms with Gasteiger partial charge in [0.15, 0.2) is 4.87 Å². The van der Waals surface area contributed by atoms with Crippen LogP contribution in [0.15, 0.2) is 48.5 Å². The zero-order chi connectivity index (χ0) is 34.2. The highest BCUT2D eigenvalue weighted by Crippen LogP contribution is 2.79. The number of nitrogens with zero attached hydrogens (tertiary/aromatic N) is 4. The number of carbonyl (C=O) groups is 4. The molecule has 4 bridgehead atoms. The zero-order valence-electron chi connectivity index (χ0n) is 26.6. The number of amides is 4. The van der Waals surface area contributed by atoms with Gasteiger partial charge in [0.2, 0.25) is 4.87 Å². The van der Waals surface area contributed by atoms with Crippen LogP contribution in [-0.4, -0.2) is 120 Å². The first-order valence-electron chi connectivity index (χ1n) is 16.1. The molecule has 1 unspecified atom stereocenters. The number of carbonyl (C=O) groups excluding carboxylic acids is 4. The van der Waals surface area contributed by atoms with Crippen molar-refractivity contribution in [1.29, 1.82) is 0 Å². The van der Waals surface area contributed by atoms with Crippen molar-refractivity contribution >= 4 is 76.2 Å². The van der Waals surface area contributed by atoms with Crippen LogP contribution < -0.4 is 10.6 Å². The topological polar surface area (TPSA) is 155 Å². The third-order valence-corrected chi connectivity index (χ3v) is 20.1. The van der Waals surface area contributed by atoms with Crippen LogP contribution in [0.1, 0.15) is 25.0 Å². The van der Waals surface area contributed by atoms with Gasteiger partial charge in [0.05, 0.1) is 17.4 Å². The lowest BCUT2D eigenvalue weighted by molar-refractivity contribution is -0.263. The molecule has 9 heterocycles. The lowest BCUT2D eigenvalue weighted by Crippen LogP contribution is -2.81. The van der Waals surface area contributed by atoms with Gasteiger partial charge in [-0.15, -0.1) is 0 Å². The minimum atomic E-state index is -2.28. The molecular formula is C32H32N6O7S4. The van der Waals surface area contributed by atoms with Crippen LogP contribution >= 0.6 is 41.2 Å². The molecule has 2 aromatic rings. The largest absolute Gasteiger partial charge is 0.394 e. The molecule has 4 spiro atoms. The number of para-hydroxylation sites is 2. The Balaban J connectivity index is 1.37. The summed E-state index contributed by atoms with van der Waals surface area (Å²) in [5, 5.41) is 30.8. The molecule has 4 amide bonds. The Hall–Kier alpha value is -2.80. The van der Waals surface area contributed by atoms with E-state index in [1.807, 2.05) is 62.4 Å². The zero-order valence-corrected chi connectivity index (χ0v) is 29.9. The van der Waals surface area contributed by atoms with Crippen LogP contribution in [0.5, 0.6) is 0 Å². The number of likely N-dealkylation sites (N-methyl/N-ethyl adjacent to an activating group) is 2. The summed E-state index contributed by atoms with van der Waals surface area (Å²) in [5.41, 5.74) is -2.51. The van der Waals surface area contributed by atoms with Crippen LogP contribution in [0.2, 0.25) is 0 Å². The van der Waals surface area contributed by atoms with Gasteiger partial charge in [0.25, 0.3) is 29.4 Å². The average Bonchev–Trinajstić information content (AvgIpc) is 3.71. The van der Waals surface area contributed by atoms with Crippen molar-refractivity contribution in [3.8, 4) is 0 Å². The van der Waals surface area contributed by atoms with E-state index in [2.05, 4.69) is 10.6 Å². The Labute approximate surface area is 296 Å². The molecule has 7 fully saturated rings. The molecule has 0 aromatic heterocycles. The standard InChI is InChI=1S/C32H32N6O7S4/c1-14(2)31-27(44)38-24-29(16-10-6-8-12-18(16)34-24)22(32(38,26(43)36(31)4)47-49-48-46-31)45-30-21(41)28(29)15-9-5-7-11-17(15)33-23(28)37(30)20(40)19(13-39)35(3)25(30)42/h5-12,14,19,21-24,33-34,39,41H,13H2,1-4H3/t19-,21+,22+,23+,24-,28+,29?,30+,31+,32+/m1/s1. The predicted molar refractivity (Wildman–Crippen MR) is 185 cm³/mol. The number of aliphatic hydroxyl groups is 2. The number of hydrogen-bond acceptors (Lipinski definition) is 13. The SMILES string of the molecule is CC(C)[C@@]12SSSS[C@]3(C(=O)N1C)[C@H]1O[C@@]45C(=O)N(C)[C@H](CO)C(=O)N4[C@@H]4Nc6ccccc6[C@@]4([C@@H]5O)C14c1ccccc1N[C@@H]4N3C2=O. The molecule has 0 aliphatic carbocycles. The molecule has 13 nitrogen and oxygen atoms in total. The number of aliphatic hydroxyl groups excluding tert-OH is 2. The molecule has 0 radical (unpaired) electrons. The van der Waals surface area contributed by atoms with Gasteiger partial charge in [-0.2, -0.15) is 0 Å². The lowest BCUT2D eigenvalue weighted by atomic mass is 9.50. The highest BCUT2D eigenvalue weighted by Gasteiger charge is 2.95. The molecular weight excluding hydrogens is 709 g/mol. The van der Waals surface area contributed by atoms with E-state index >= 15 is 9.59 Å². The van der Waals surface area contributed by atoms with Crippen molar-refractivity contribution in [2.75, 3.05) is 31.3 Å². The monoisotopic (exact) mass is 740 g/mol. The highest BCUT2D eigenvalue weighted by atomic mass is 33.7. The summed E-state index contributed by atoms with van der Waals surface area (Å²) < 4.78 is 7.21. The van der Waals surface area contributed by atoms with E-state index < -0.39 is 75.3 Å². The maximum absolute atomic E-state index is 15.5. The maximum atomic E-state index is 15.5. The van der Waals surface area contributed by atoms with E-state index in [0.717, 1.165) is 4.90 Å². The fourth-order valence-corrected chi connectivity index (χ4v) is 18.8. The van der Waals surface area contributed by atoms with Gasteiger partial charge < -0.3 is 35.4 Å². The summed E-state index contributed by atoms with van der Waals surface area (Å²) in [4.78, 5) is 63.0. The average molecular weight is 741 g/mol. The van der Waals surface area contributed by atoms with Crippen LogP contribution in [0.3, 0.4) is 0 Å². The molecule has 4 N–H and O–H groups in total. The first-order valence-corrected chi connectivity index (χ1v) is 20.9. The van der Waals surface area contributed by atoms with Crippen molar-refractivity contribution < 1.29 is 34.1 Å². The van der Waals surface area contributed by atoms with Crippen molar-refractivity contribution in [3.05, 3.63) is 59.7 Å². The number of piperazine rings is 2. The van der Waals surface area contributed by atoms with E-state index in [1.165, 1.54) is 53.2 Å². The van der Waals surface area contributed by atoms with Crippen LogP contribution in [0.4, 0.5) is 11.4 Å². The number of benzene rings is 2. The fraction of sp³-hybridized carbons (Fsp3) is 0.500. The molecule has 49 heavy (non-hydrogen) atoms. The molecule has 7 saturated heterocycles. The van der Waals surface area contributed by atoms with Crippen LogP contribution in [0.25, 0.3) is 0 Å². The van der Waals surface area contributed by atoms with Crippen LogP contribution in [0, 0.1) is 5.92 Å². The molecule has 10 atom stereocenters. The van der Waals surface area contributed by atoms with Gasteiger partial charge in [0, 0.05) is 25.5 Å². The predicted octanol–water partition coefficient (Wildman–Crippen LogP) is 1.55. The number of ether oxygens (including phenoxy) is 1. The molecule has 2 aromatic carbocycles. The second-order valence-electron chi connectivity index (χ2n) is 14.2. The van der Waals surface area contributed by atoms with Gasteiger partial charge in [0.1, 0.15) is 30.6 Å². The van der Waals surface area contributed by atoms with Gasteiger partial charge in [-0.1, -0.05) is 50.2 Å². The first-order chi connectivity index (χ1) is 23.5. The second kappa shape index (κ2) is 9.35. The van der Waals surface area contributed by atoms with Gasteiger partial charge in [-0.3, -0.25) is 29.0 Å². The van der Waals surface area contributed by atoms with Gasteiger partial charge in [-0.05, 0) is 70.4 Å². The van der Waals surface area contributed by atoms with Crippen molar-refractivity contribution in [2.24, 2.45) is 5.92 Å². The Morgan fingerprint density at radius 2 is 1.43 bits per heavy atom. The van der Waals surface area contributed by atoms with Crippen molar-refractivity contribution in [3.63, 3.8) is 0 Å². The molecule has 11 rings (SSSR count). The van der Waals surface area contributed by atoms with E-state index in [-0.39, 0.29) is 17.7 Å². The quantitative estimate of drug-likeness (QED) is 0.330. The lowest BCUT2D eigenvalue weighted by Gasteiger charge is -2.59. The Kier molecular flexibility index (Phi) is 5.91. The molecule has 9 aliphatic rings. The Morgan fingerprint density at radius 1 is 0.837 bits per heavy atom. The fourth-order valence-electron chi connectivity index (χ4n) is 10.7.